The number of aromatic carboxylic acids is 1. The Bertz CT molecular complexity index is 552. The van der Waals surface area contributed by atoms with E-state index in [1.165, 1.54) is 0 Å². The summed E-state index contributed by atoms with van der Waals surface area (Å²) in [6, 6.07) is 2.27. The summed E-state index contributed by atoms with van der Waals surface area (Å²) in [7, 11) is -3.83. The van der Waals surface area contributed by atoms with Gasteiger partial charge in [0.1, 0.15) is 0 Å². The molecule has 0 bridgehead atoms. The molecule has 1 rings (SSSR count). The van der Waals surface area contributed by atoms with Crippen LogP contribution in [-0.2, 0) is 10.0 Å². The van der Waals surface area contributed by atoms with Crippen LogP contribution in [0, 0.1) is 0 Å². The molecule has 0 aliphatic heterocycles. The summed E-state index contributed by atoms with van der Waals surface area (Å²) >= 11 is 1.61. The van der Waals surface area contributed by atoms with Crippen LogP contribution in [0.5, 0.6) is 0 Å². The molecule has 1 heterocycles. The molecule has 0 saturated carbocycles. The van der Waals surface area contributed by atoms with Gasteiger partial charge in [-0.15, -0.1) is 0 Å². The maximum Gasteiger partial charge on any atom is 0.371 e. The number of thioether (sulfide) groups is 1. The van der Waals surface area contributed by atoms with E-state index in [0.29, 0.717) is 0 Å². The van der Waals surface area contributed by atoms with Gasteiger partial charge >= 0.3 is 5.97 Å². The Kier molecular flexibility index (Phi) is 5.67. The highest BCUT2D eigenvalue weighted by Crippen LogP contribution is 2.30. The van der Waals surface area contributed by atoms with Crippen LogP contribution >= 0.6 is 11.8 Å². The molecule has 8 heteroatoms. The number of furan rings is 1. The molecule has 0 radical (unpaired) electrons. The molecule has 0 amide bonds. The van der Waals surface area contributed by atoms with Gasteiger partial charge in [-0.05, 0) is 31.2 Å². The van der Waals surface area contributed by atoms with Gasteiger partial charge in [0.15, 0.2) is 0 Å². The number of sulfonamides is 1. The summed E-state index contributed by atoms with van der Waals surface area (Å²) in [6.07, 6.45) is 3.59. The standard InChI is InChI=1S/C12H19NO5S2/c1-4-12(5-2,19-3)8-13-20(16,17)10-7-6-9(18-10)11(14)15/h6-7,13H,4-5,8H2,1-3H3,(H,14,15). The molecule has 114 valence electrons. The molecule has 1 aromatic heterocycles. The Balaban J connectivity index is 2.87. The predicted molar refractivity (Wildman–Crippen MR) is 77.7 cm³/mol. The van der Waals surface area contributed by atoms with Crippen molar-refractivity contribution in [1.82, 2.24) is 4.72 Å². The Hall–Kier alpha value is -0.990. The second-order valence-electron chi connectivity index (χ2n) is 4.34. The van der Waals surface area contributed by atoms with Crippen LogP contribution in [0.4, 0.5) is 0 Å². The van der Waals surface area contributed by atoms with Gasteiger partial charge in [0.2, 0.25) is 10.9 Å². The smallest absolute Gasteiger partial charge is 0.371 e. The first-order chi connectivity index (χ1) is 9.30. The summed E-state index contributed by atoms with van der Waals surface area (Å²) in [6.45, 7) is 4.28. The van der Waals surface area contributed by atoms with Gasteiger partial charge in [-0.2, -0.15) is 11.8 Å². The van der Waals surface area contributed by atoms with E-state index in [1.807, 2.05) is 20.1 Å². The van der Waals surface area contributed by atoms with Crippen LogP contribution in [0.3, 0.4) is 0 Å². The van der Waals surface area contributed by atoms with E-state index in [9.17, 15) is 13.2 Å². The number of carbonyl (C=O) groups is 1. The van der Waals surface area contributed by atoms with Crippen molar-refractivity contribution >= 4 is 27.8 Å². The van der Waals surface area contributed by atoms with E-state index >= 15 is 0 Å². The number of hydrogen-bond acceptors (Lipinski definition) is 5. The third-order valence-corrected chi connectivity index (χ3v) is 6.22. The fourth-order valence-electron chi connectivity index (χ4n) is 1.74. The van der Waals surface area contributed by atoms with E-state index in [0.717, 1.165) is 25.0 Å². The highest BCUT2D eigenvalue weighted by molar-refractivity contribution is 8.00. The van der Waals surface area contributed by atoms with Crippen LogP contribution in [0.2, 0.25) is 0 Å². The highest BCUT2D eigenvalue weighted by atomic mass is 32.2. The Morgan fingerprint density at radius 3 is 2.40 bits per heavy atom. The number of carboxylic acids is 1. The zero-order valence-corrected chi connectivity index (χ0v) is 13.3. The van der Waals surface area contributed by atoms with Crippen LogP contribution in [-0.4, -0.2) is 37.0 Å². The van der Waals surface area contributed by atoms with Crippen molar-refractivity contribution < 1.29 is 22.7 Å². The molecule has 0 fully saturated rings. The predicted octanol–water partition coefficient (Wildman–Crippen LogP) is 2.18. The largest absolute Gasteiger partial charge is 0.475 e. The Morgan fingerprint density at radius 2 is 2.00 bits per heavy atom. The molecular formula is C12H19NO5S2. The fraction of sp³-hybridized carbons (Fsp3) is 0.583. The van der Waals surface area contributed by atoms with Crippen molar-refractivity contribution in [3.05, 3.63) is 17.9 Å². The van der Waals surface area contributed by atoms with E-state index in [1.54, 1.807) is 11.8 Å². The summed E-state index contributed by atoms with van der Waals surface area (Å²) in [5.41, 5.74) is 0. The molecule has 0 atom stereocenters. The molecule has 0 unspecified atom stereocenters. The fourth-order valence-corrected chi connectivity index (χ4v) is 3.68. The van der Waals surface area contributed by atoms with Crippen molar-refractivity contribution in [2.24, 2.45) is 0 Å². The van der Waals surface area contributed by atoms with Gasteiger partial charge in [0.05, 0.1) is 0 Å². The highest BCUT2D eigenvalue weighted by Gasteiger charge is 2.29. The van der Waals surface area contributed by atoms with Crippen molar-refractivity contribution in [1.29, 1.82) is 0 Å². The summed E-state index contributed by atoms with van der Waals surface area (Å²) in [5, 5.41) is 8.35. The van der Waals surface area contributed by atoms with Crippen molar-refractivity contribution in [2.45, 2.75) is 36.5 Å². The number of carboxylic acid groups (broad SMARTS) is 1. The maximum atomic E-state index is 12.1. The van der Waals surface area contributed by atoms with Gasteiger partial charge in [0, 0.05) is 11.3 Å². The summed E-state index contributed by atoms with van der Waals surface area (Å²) in [5.74, 6) is -1.69. The lowest BCUT2D eigenvalue weighted by Gasteiger charge is -2.29. The number of nitrogens with one attached hydrogen (secondary N) is 1. The van der Waals surface area contributed by atoms with Gasteiger partial charge in [-0.25, -0.2) is 17.9 Å². The quantitative estimate of drug-likeness (QED) is 0.762. The van der Waals surface area contributed by atoms with E-state index in [2.05, 4.69) is 4.72 Å². The van der Waals surface area contributed by atoms with Crippen LogP contribution < -0.4 is 4.72 Å². The molecular weight excluding hydrogens is 302 g/mol. The number of hydrogen-bond donors (Lipinski definition) is 2. The molecule has 6 nitrogen and oxygen atoms in total. The zero-order valence-electron chi connectivity index (χ0n) is 11.7. The first kappa shape index (κ1) is 17.1. The molecule has 0 saturated heterocycles. The van der Waals surface area contributed by atoms with Gasteiger partial charge < -0.3 is 9.52 Å². The molecule has 0 aliphatic rings. The zero-order chi connectivity index (χ0) is 15.4. The van der Waals surface area contributed by atoms with Gasteiger partial charge in [-0.3, -0.25) is 0 Å². The van der Waals surface area contributed by atoms with Crippen LogP contribution in [0.1, 0.15) is 37.2 Å². The second kappa shape index (κ2) is 6.64. The Morgan fingerprint density at radius 1 is 1.40 bits per heavy atom. The minimum Gasteiger partial charge on any atom is -0.475 e. The van der Waals surface area contributed by atoms with Crippen molar-refractivity contribution in [3.8, 4) is 0 Å². The Labute approximate surface area is 123 Å². The minimum atomic E-state index is -3.83. The first-order valence-corrected chi connectivity index (χ1v) is 8.89. The molecule has 1 aromatic rings. The maximum absolute atomic E-state index is 12.1. The first-order valence-electron chi connectivity index (χ1n) is 6.18. The number of rotatable bonds is 8. The molecule has 0 aliphatic carbocycles. The minimum absolute atomic E-state index is 0.171. The topological polar surface area (TPSA) is 96.6 Å². The SMILES string of the molecule is CCC(CC)(CNS(=O)(=O)c1ccc(C(=O)O)o1)SC. The lowest BCUT2D eigenvalue weighted by Crippen LogP contribution is -2.39. The van der Waals surface area contributed by atoms with E-state index in [-0.39, 0.29) is 16.4 Å². The third-order valence-electron chi connectivity index (χ3n) is 3.36. The second-order valence-corrected chi connectivity index (χ2v) is 7.31. The van der Waals surface area contributed by atoms with Crippen molar-refractivity contribution in [3.63, 3.8) is 0 Å². The van der Waals surface area contributed by atoms with Crippen LogP contribution in [0.15, 0.2) is 21.6 Å². The molecule has 0 spiro atoms. The monoisotopic (exact) mass is 321 g/mol. The van der Waals surface area contributed by atoms with Gasteiger partial charge in [0.25, 0.3) is 10.0 Å². The average molecular weight is 321 g/mol. The van der Waals surface area contributed by atoms with Crippen molar-refractivity contribution in [2.75, 3.05) is 12.8 Å². The van der Waals surface area contributed by atoms with Crippen LogP contribution in [0.25, 0.3) is 0 Å². The molecule has 20 heavy (non-hydrogen) atoms. The van der Waals surface area contributed by atoms with Gasteiger partial charge in [-0.1, -0.05) is 13.8 Å². The lowest BCUT2D eigenvalue weighted by atomic mass is 10.0. The lowest BCUT2D eigenvalue weighted by molar-refractivity contribution is 0.0656. The van der Waals surface area contributed by atoms with E-state index < -0.39 is 21.8 Å². The van der Waals surface area contributed by atoms with E-state index in [4.69, 9.17) is 9.52 Å². The molecule has 0 aromatic carbocycles. The summed E-state index contributed by atoms with van der Waals surface area (Å²) < 4.78 is 31.2. The molecule has 2 N–H and O–H groups in total. The third kappa shape index (κ3) is 3.77. The average Bonchev–Trinajstić information content (AvgIpc) is 2.91. The summed E-state index contributed by atoms with van der Waals surface area (Å²) in [4.78, 5) is 10.7. The normalized spacial score (nSPS) is 12.6.